The molecule has 0 spiro atoms. The standard InChI is InChI=1S/C10H18N4O/c1-4-6-11-9-12-8(3)13-10(14-9)15-7-5-2/h4-7H2,1-3H3,(H,11,12,13,14). The second-order valence-corrected chi connectivity index (χ2v) is 3.26. The molecule has 1 aromatic heterocycles. The minimum atomic E-state index is 0.406. The first kappa shape index (κ1) is 11.7. The molecule has 5 heteroatoms. The van der Waals surface area contributed by atoms with Crippen molar-refractivity contribution < 1.29 is 4.74 Å². The number of aryl methyl sites for hydroxylation is 1. The molecule has 0 aliphatic rings. The summed E-state index contributed by atoms with van der Waals surface area (Å²) in [6.07, 6.45) is 1.98. The predicted molar refractivity (Wildman–Crippen MR) is 59.1 cm³/mol. The molecule has 15 heavy (non-hydrogen) atoms. The van der Waals surface area contributed by atoms with Gasteiger partial charge in [-0.05, 0) is 19.8 Å². The fourth-order valence-electron chi connectivity index (χ4n) is 1.03. The van der Waals surface area contributed by atoms with Crippen molar-refractivity contribution in [3.05, 3.63) is 5.82 Å². The molecule has 1 aromatic rings. The van der Waals surface area contributed by atoms with Crippen LogP contribution in [0.25, 0.3) is 0 Å². The van der Waals surface area contributed by atoms with Gasteiger partial charge in [-0.3, -0.25) is 0 Å². The van der Waals surface area contributed by atoms with Gasteiger partial charge in [-0.15, -0.1) is 0 Å². The summed E-state index contributed by atoms with van der Waals surface area (Å²) in [5.74, 6) is 1.27. The van der Waals surface area contributed by atoms with Gasteiger partial charge in [-0.1, -0.05) is 13.8 Å². The maximum absolute atomic E-state index is 5.35. The highest BCUT2D eigenvalue weighted by Gasteiger charge is 2.03. The third-order valence-corrected chi connectivity index (χ3v) is 1.70. The molecule has 0 saturated heterocycles. The Hall–Kier alpha value is -1.39. The first-order chi connectivity index (χ1) is 7.26. The number of hydrogen-bond acceptors (Lipinski definition) is 5. The van der Waals surface area contributed by atoms with Gasteiger partial charge in [-0.25, -0.2) is 0 Å². The topological polar surface area (TPSA) is 59.9 Å². The van der Waals surface area contributed by atoms with E-state index in [1.54, 1.807) is 0 Å². The van der Waals surface area contributed by atoms with Crippen LogP contribution in [0.1, 0.15) is 32.5 Å². The molecule has 0 aromatic carbocycles. The van der Waals surface area contributed by atoms with E-state index in [0.717, 1.165) is 19.4 Å². The van der Waals surface area contributed by atoms with Crippen LogP contribution in [0.5, 0.6) is 6.01 Å². The SMILES string of the molecule is CCCNc1nc(C)nc(OCCC)n1. The Morgan fingerprint density at radius 1 is 1.13 bits per heavy atom. The minimum Gasteiger partial charge on any atom is -0.463 e. The summed E-state index contributed by atoms with van der Waals surface area (Å²) in [5, 5.41) is 3.11. The van der Waals surface area contributed by atoms with Gasteiger partial charge in [0.25, 0.3) is 0 Å². The van der Waals surface area contributed by atoms with Crippen LogP contribution in [0.4, 0.5) is 5.95 Å². The summed E-state index contributed by atoms with van der Waals surface area (Å²) in [5.41, 5.74) is 0. The third kappa shape index (κ3) is 4.10. The second-order valence-electron chi connectivity index (χ2n) is 3.26. The zero-order valence-electron chi connectivity index (χ0n) is 9.58. The van der Waals surface area contributed by atoms with E-state index >= 15 is 0 Å². The molecule has 84 valence electrons. The molecule has 5 nitrogen and oxygen atoms in total. The van der Waals surface area contributed by atoms with Gasteiger partial charge < -0.3 is 10.1 Å². The van der Waals surface area contributed by atoms with Crippen molar-refractivity contribution in [2.45, 2.75) is 33.6 Å². The summed E-state index contributed by atoms with van der Waals surface area (Å²) >= 11 is 0. The van der Waals surface area contributed by atoms with Gasteiger partial charge in [0, 0.05) is 6.54 Å². The zero-order chi connectivity index (χ0) is 11.1. The Morgan fingerprint density at radius 2 is 1.93 bits per heavy atom. The van der Waals surface area contributed by atoms with Crippen LogP contribution in [0.3, 0.4) is 0 Å². The van der Waals surface area contributed by atoms with Gasteiger partial charge in [0.1, 0.15) is 5.82 Å². The fourth-order valence-corrected chi connectivity index (χ4v) is 1.03. The highest BCUT2D eigenvalue weighted by Crippen LogP contribution is 2.07. The van der Waals surface area contributed by atoms with E-state index in [9.17, 15) is 0 Å². The van der Waals surface area contributed by atoms with Crippen LogP contribution >= 0.6 is 0 Å². The van der Waals surface area contributed by atoms with Crippen molar-refractivity contribution in [1.29, 1.82) is 0 Å². The number of hydrogen-bond donors (Lipinski definition) is 1. The Morgan fingerprint density at radius 3 is 2.60 bits per heavy atom. The molecule has 0 fully saturated rings. The molecule has 0 aliphatic carbocycles. The number of aromatic nitrogens is 3. The number of ether oxygens (including phenoxy) is 1. The third-order valence-electron chi connectivity index (χ3n) is 1.70. The van der Waals surface area contributed by atoms with E-state index < -0.39 is 0 Å². The number of nitrogens with one attached hydrogen (secondary N) is 1. The minimum absolute atomic E-state index is 0.406. The molecule has 0 bridgehead atoms. The highest BCUT2D eigenvalue weighted by atomic mass is 16.5. The molecule has 0 aliphatic heterocycles. The van der Waals surface area contributed by atoms with Crippen molar-refractivity contribution in [2.24, 2.45) is 0 Å². The zero-order valence-corrected chi connectivity index (χ0v) is 9.58. The molecular formula is C10H18N4O. The van der Waals surface area contributed by atoms with E-state index in [1.165, 1.54) is 0 Å². The first-order valence-electron chi connectivity index (χ1n) is 5.35. The average Bonchev–Trinajstić information content (AvgIpc) is 2.23. The van der Waals surface area contributed by atoms with Crippen molar-refractivity contribution in [1.82, 2.24) is 15.0 Å². The Kier molecular flexibility index (Phi) is 4.80. The summed E-state index contributed by atoms with van der Waals surface area (Å²) in [6.45, 7) is 7.46. The highest BCUT2D eigenvalue weighted by molar-refractivity contribution is 5.25. The molecule has 1 heterocycles. The molecule has 0 saturated carbocycles. The molecule has 0 radical (unpaired) electrons. The molecule has 1 rings (SSSR count). The van der Waals surface area contributed by atoms with E-state index in [4.69, 9.17) is 4.74 Å². The molecule has 0 unspecified atom stereocenters. The van der Waals surface area contributed by atoms with Gasteiger partial charge in [0.05, 0.1) is 6.61 Å². The molecule has 1 N–H and O–H groups in total. The van der Waals surface area contributed by atoms with Gasteiger partial charge in [0.15, 0.2) is 0 Å². The van der Waals surface area contributed by atoms with Crippen molar-refractivity contribution in [2.75, 3.05) is 18.5 Å². The van der Waals surface area contributed by atoms with E-state index in [2.05, 4.69) is 27.2 Å². The largest absolute Gasteiger partial charge is 0.463 e. The number of rotatable bonds is 6. The maximum atomic E-state index is 5.35. The Bertz CT molecular complexity index is 277. The average molecular weight is 210 g/mol. The molecule has 0 amide bonds. The normalized spacial score (nSPS) is 10.1. The predicted octanol–water partition coefficient (Wildman–Crippen LogP) is 1.79. The van der Waals surface area contributed by atoms with Crippen molar-refractivity contribution in [3.8, 4) is 6.01 Å². The van der Waals surface area contributed by atoms with Gasteiger partial charge >= 0.3 is 6.01 Å². The van der Waals surface area contributed by atoms with E-state index in [1.807, 2.05) is 13.8 Å². The Labute approximate surface area is 90.3 Å². The maximum Gasteiger partial charge on any atom is 0.321 e. The second kappa shape index (κ2) is 6.16. The van der Waals surface area contributed by atoms with Crippen molar-refractivity contribution in [3.63, 3.8) is 0 Å². The first-order valence-corrected chi connectivity index (χ1v) is 5.35. The van der Waals surface area contributed by atoms with E-state index in [-0.39, 0.29) is 0 Å². The van der Waals surface area contributed by atoms with Gasteiger partial charge in [-0.2, -0.15) is 15.0 Å². The summed E-state index contributed by atoms with van der Waals surface area (Å²) in [6, 6.07) is 0.406. The smallest absolute Gasteiger partial charge is 0.321 e. The monoisotopic (exact) mass is 210 g/mol. The van der Waals surface area contributed by atoms with Crippen LogP contribution in [-0.2, 0) is 0 Å². The quantitative estimate of drug-likeness (QED) is 0.775. The van der Waals surface area contributed by atoms with Crippen LogP contribution in [0.15, 0.2) is 0 Å². The van der Waals surface area contributed by atoms with Crippen molar-refractivity contribution >= 4 is 5.95 Å². The van der Waals surface area contributed by atoms with Crippen LogP contribution in [-0.4, -0.2) is 28.1 Å². The van der Waals surface area contributed by atoms with Crippen LogP contribution in [0.2, 0.25) is 0 Å². The number of nitrogens with zero attached hydrogens (tertiary/aromatic N) is 3. The molecule has 0 atom stereocenters. The van der Waals surface area contributed by atoms with Crippen LogP contribution in [0, 0.1) is 6.92 Å². The summed E-state index contributed by atoms with van der Waals surface area (Å²) in [4.78, 5) is 12.4. The summed E-state index contributed by atoms with van der Waals surface area (Å²) < 4.78 is 5.35. The van der Waals surface area contributed by atoms with E-state index in [0.29, 0.717) is 24.4 Å². The lowest BCUT2D eigenvalue weighted by atomic mass is 10.5. The lowest BCUT2D eigenvalue weighted by Gasteiger charge is -2.06. The lowest BCUT2D eigenvalue weighted by molar-refractivity contribution is 0.291. The fraction of sp³-hybridized carbons (Fsp3) is 0.700. The summed E-state index contributed by atoms with van der Waals surface area (Å²) in [7, 11) is 0. The Balaban J connectivity index is 2.66. The molecular weight excluding hydrogens is 192 g/mol. The van der Waals surface area contributed by atoms with Crippen LogP contribution < -0.4 is 10.1 Å². The number of anilines is 1. The lowest BCUT2D eigenvalue weighted by Crippen LogP contribution is -2.09. The van der Waals surface area contributed by atoms with Gasteiger partial charge in [0.2, 0.25) is 5.95 Å².